The summed E-state index contributed by atoms with van der Waals surface area (Å²) in [6.45, 7) is 5.12. The van der Waals surface area contributed by atoms with Crippen LogP contribution in [-0.4, -0.2) is 42.7 Å². The predicted molar refractivity (Wildman–Crippen MR) is 95.5 cm³/mol. The van der Waals surface area contributed by atoms with E-state index in [2.05, 4.69) is 50.9 Å². The van der Waals surface area contributed by atoms with Crippen molar-refractivity contribution >= 4 is 0 Å². The molecule has 1 aliphatic rings. The van der Waals surface area contributed by atoms with Gasteiger partial charge in [0.25, 0.3) is 0 Å². The van der Waals surface area contributed by atoms with Crippen molar-refractivity contribution in [1.82, 2.24) is 14.9 Å². The molecule has 0 radical (unpaired) electrons. The molecule has 2 heterocycles. The second-order valence-corrected chi connectivity index (χ2v) is 5.30. The monoisotopic (exact) mass is 315 g/mol. The number of aromatic nitrogens is 2. The fourth-order valence-corrected chi connectivity index (χ4v) is 2.70. The lowest BCUT2D eigenvalue weighted by Crippen LogP contribution is -2.33. The average molecular weight is 315 g/mol. The number of methoxy groups -OCH3 is 1. The Bertz CT molecular complexity index is 545. The third-order valence-corrected chi connectivity index (χ3v) is 3.72. The van der Waals surface area contributed by atoms with Gasteiger partial charge in [-0.05, 0) is 36.6 Å². The van der Waals surface area contributed by atoms with Gasteiger partial charge in [0, 0.05) is 39.2 Å². The highest BCUT2D eigenvalue weighted by atomic mass is 16.4. The van der Waals surface area contributed by atoms with Gasteiger partial charge in [-0.25, -0.2) is 9.97 Å². The van der Waals surface area contributed by atoms with Gasteiger partial charge in [0.1, 0.15) is 6.33 Å². The summed E-state index contributed by atoms with van der Waals surface area (Å²) in [6.07, 6.45) is 7.54. The van der Waals surface area contributed by atoms with Gasteiger partial charge in [0.05, 0.1) is 0 Å². The minimum Gasteiger partial charge on any atom is -0.388 e. The van der Waals surface area contributed by atoms with Gasteiger partial charge in [0.15, 0.2) is 0 Å². The summed E-state index contributed by atoms with van der Waals surface area (Å²) >= 11 is 0. The van der Waals surface area contributed by atoms with Crippen molar-refractivity contribution in [3.63, 3.8) is 0 Å². The Labute approximate surface area is 140 Å². The quantitative estimate of drug-likeness (QED) is 0.849. The molecule has 0 spiro atoms. The van der Waals surface area contributed by atoms with Gasteiger partial charge in [-0.3, -0.25) is 4.90 Å². The second-order valence-electron chi connectivity index (χ2n) is 5.30. The van der Waals surface area contributed by atoms with Crippen LogP contribution in [0.4, 0.5) is 0 Å². The minimum atomic E-state index is 0.445. The van der Waals surface area contributed by atoms with Crippen LogP contribution in [-0.2, 0) is 17.6 Å². The van der Waals surface area contributed by atoms with Gasteiger partial charge in [-0.1, -0.05) is 38.1 Å². The number of hydrogen-bond donors (Lipinski definition) is 0. The Morgan fingerprint density at radius 1 is 1.13 bits per heavy atom. The summed E-state index contributed by atoms with van der Waals surface area (Å²) in [5.41, 5.74) is 4.14. The van der Waals surface area contributed by atoms with Crippen LogP contribution in [0.3, 0.4) is 0 Å². The molecule has 1 aromatic carbocycles. The molecule has 1 unspecified atom stereocenters. The first-order chi connectivity index (χ1) is 11.3. The molecule has 1 aromatic heterocycles. The Hall–Kier alpha value is -1.78. The van der Waals surface area contributed by atoms with Crippen LogP contribution in [0.5, 0.6) is 0 Å². The van der Waals surface area contributed by atoms with Crippen molar-refractivity contribution in [1.29, 1.82) is 0 Å². The van der Waals surface area contributed by atoms with E-state index in [-0.39, 0.29) is 0 Å². The van der Waals surface area contributed by atoms with Crippen LogP contribution in [0.1, 0.15) is 36.6 Å². The molecule has 1 atom stereocenters. The molecule has 0 fully saturated rings. The lowest BCUT2D eigenvalue weighted by molar-refractivity contribution is 0.229. The van der Waals surface area contributed by atoms with Crippen LogP contribution in [0.15, 0.2) is 43.0 Å². The van der Waals surface area contributed by atoms with Gasteiger partial charge >= 0.3 is 0 Å². The number of rotatable bonds is 2. The molecule has 0 aliphatic carbocycles. The first kappa shape index (κ1) is 19.3. The van der Waals surface area contributed by atoms with Crippen molar-refractivity contribution in [3.05, 3.63) is 59.7 Å². The molecule has 0 saturated heterocycles. The molecule has 4 nitrogen and oxygen atoms in total. The zero-order chi connectivity index (χ0) is 17.1. The lowest BCUT2D eigenvalue weighted by atomic mass is 9.90. The topological polar surface area (TPSA) is 38.2 Å². The normalized spacial score (nSPS) is 16.3. The Balaban J connectivity index is 0.000000477. The minimum absolute atomic E-state index is 0.445. The number of nitrogens with zero attached hydrogens (tertiary/aromatic N) is 3. The van der Waals surface area contributed by atoms with Crippen molar-refractivity contribution in [2.45, 2.75) is 32.7 Å². The molecular weight excluding hydrogens is 286 g/mol. The number of benzene rings is 1. The molecule has 0 bridgehead atoms. The summed E-state index contributed by atoms with van der Waals surface area (Å²) in [4.78, 5) is 10.6. The summed E-state index contributed by atoms with van der Waals surface area (Å²) in [5.74, 6) is 0. The molecule has 3 rings (SSSR count). The standard InChI is InChI=1S/C15H17N3.C2H6O.C2H6/c1-18-7-6-13-4-2-3-5-14(13)15(18)8-12-9-16-11-17-10-12;1-3-2;1-2/h2-5,9-11,15H,6-8H2,1H3;1-2H3;1-2H3. The second kappa shape index (κ2) is 10.9. The largest absolute Gasteiger partial charge is 0.388 e. The van der Waals surface area contributed by atoms with E-state index in [0.29, 0.717) is 6.04 Å². The highest BCUT2D eigenvalue weighted by Crippen LogP contribution is 2.30. The van der Waals surface area contributed by atoms with Crippen LogP contribution in [0.25, 0.3) is 0 Å². The van der Waals surface area contributed by atoms with Gasteiger partial charge < -0.3 is 4.74 Å². The Kier molecular flexibility index (Phi) is 9.10. The first-order valence-electron chi connectivity index (χ1n) is 8.18. The SMILES string of the molecule is CC.CN1CCc2ccccc2C1Cc1cncnc1.COC. The smallest absolute Gasteiger partial charge is 0.115 e. The first-order valence-corrected chi connectivity index (χ1v) is 8.18. The Morgan fingerprint density at radius 3 is 2.39 bits per heavy atom. The summed E-state index contributed by atoms with van der Waals surface area (Å²) in [6, 6.07) is 9.20. The van der Waals surface area contributed by atoms with E-state index in [4.69, 9.17) is 0 Å². The molecule has 1 aliphatic heterocycles. The number of hydrogen-bond acceptors (Lipinski definition) is 4. The maximum Gasteiger partial charge on any atom is 0.115 e. The summed E-state index contributed by atoms with van der Waals surface area (Å²) < 4.78 is 4.25. The van der Waals surface area contributed by atoms with E-state index >= 15 is 0 Å². The van der Waals surface area contributed by atoms with E-state index in [1.54, 1.807) is 20.5 Å². The van der Waals surface area contributed by atoms with E-state index < -0.39 is 0 Å². The zero-order valence-electron chi connectivity index (χ0n) is 15.0. The van der Waals surface area contributed by atoms with E-state index in [1.165, 1.54) is 16.7 Å². The van der Waals surface area contributed by atoms with E-state index in [0.717, 1.165) is 19.4 Å². The van der Waals surface area contributed by atoms with E-state index in [1.807, 2.05) is 26.2 Å². The predicted octanol–water partition coefficient (Wildman–Crippen LogP) is 3.54. The highest BCUT2D eigenvalue weighted by Gasteiger charge is 2.24. The lowest BCUT2D eigenvalue weighted by Gasteiger charge is -2.34. The Morgan fingerprint density at radius 2 is 1.74 bits per heavy atom. The van der Waals surface area contributed by atoms with Crippen molar-refractivity contribution in [2.75, 3.05) is 27.8 Å². The number of likely N-dealkylation sites (N-methyl/N-ethyl adjacent to an activating group) is 1. The molecule has 0 saturated carbocycles. The fraction of sp³-hybridized carbons (Fsp3) is 0.474. The number of ether oxygens (including phenoxy) is 1. The highest BCUT2D eigenvalue weighted by molar-refractivity contribution is 5.33. The van der Waals surface area contributed by atoms with Crippen LogP contribution in [0, 0.1) is 0 Å². The molecular formula is C19H29N3O. The third kappa shape index (κ3) is 5.73. The van der Waals surface area contributed by atoms with E-state index in [9.17, 15) is 0 Å². The molecule has 0 N–H and O–H groups in total. The number of fused-ring (bicyclic) bond motifs is 1. The molecule has 126 valence electrons. The van der Waals surface area contributed by atoms with Crippen molar-refractivity contribution < 1.29 is 4.74 Å². The molecule has 23 heavy (non-hydrogen) atoms. The molecule has 4 heteroatoms. The molecule has 0 amide bonds. The van der Waals surface area contributed by atoms with Gasteiger partial charge in [0.2, 0.25) is 0 Å². The maximum absolute atomic E-state index is 4.25. The zero-order valence-corrected chi connectivity index (χ0v) is 15.0. The summed E-state index contributed by atoms with van der Waals surface area (Å²) in [5, 5.41) is 0. The average Bonchev–Trinajstić information content (AvgIpc) is 2.61. The fourth-order valence-electron chi connectivity index (χ4n) is 2.70. The van der Waals surface area contributed by atoms with Crippen LogP contribution < -0.4 is 0 Å². The van der Waals surface area contributed by atoms with Crippen molar-refractivity contribution in [3.8, 4) is 0 Å². The summed E-state index contributed by atoms with van der Waals surface area (Å²) in [7, 11) is 5.45. The van der Waals surface area contributed by atoms with Gasteiger partial charge in [-0.2, -0.15) is 0 Å². The maximum atomic E-state index is 4.25. The van der Waals surface area contributed by atoms with Crippen LogP contribution in [0.2, 0.25) is 0 Å². The third-order valence-electron chi connectivity index (χ3n) is 3.72. The molecule has 2 aromatic rings. The van der Waals surface area contributed by atoms with Gasteiger partial charge in [-0.15, -0.1) is 0 Å². The van der Waals surface area contributed by atoms with Crippen molar-refractivity contribution in [2.24, 2.45) is 0 Å². The van der Waals surface area contributed by atoms with Crippen LogP contribution >= 0.6 is 0 Å².